The van der Waals surface area contributed by atoms with E-state index in [9.17, 15) is 0 Å². The maximum Gasteiger partial charge on any atom is 0.192 e. The Hall–Kier alpha value is -2.14. The van der Waals surface area contributed by atoms with Gasteiger partial charge in [-0.25, -0.2) is 4.99 Å². The lowest BCUT2D eigenvalue weighted by Crippen LogP contribution is -2.40. The molecule has 1 aromatic carbocycles. The van der Waals surface area contributed by atoms with Crippen molar-refractivity contribution in [3.8, 4) is 5.75 Å². The molecular formula is C22H31IN6OS. The highest BCUT2D eigenvalue weighted by molar-refractivity contribution is 14.0. The minimum absolute atomic E-state index is 0. The third-order valence-corrected chi connectivity index (χ3v) is 5.85. The van der Waals surface area contributed by atoms with Crippen molar-refractivity contribution in [3.63, 3.8) is 0 Å². The molecule has 1 atom stereocenters. The number of guanidine groups is 1. The van der Waals surface area contributed by atoms with E-state index in [1.165, 1.54) is 4.88 Å². The number of ether oxygens (including phenoxy) is 1. The molecule has 0 bridgehead atoms. The lowest BCUT2D eigenvalue weighted by molar-refractivity contribution is 0.410. The van der Waals surface area contributed by atoms with Crippen molar-refractivity contribution < 1.29 is 4.74 Å². The van der Waals surface area contributed by atoms with Crippen LogP contribution in [-0.4, -0.2) is 34.4 Å². The molecule has 0 saturated heterocycles. The lowest BCUT2D eigenvalue weighted by atomic mass is 10.2. The maximum atomic E-state index is 5.47. The van der Waals surface area contributed by atoms with Crippen LogP contribution in [0.1, 0.15) is 42.6 Å². The van der Waals surface area contributed by atoms with E-state index in [-0.39, 0.29) is 30.0 Å². The Kier molecular flexibility index (Phi) is 10.8. The molecule has 0 amide bonds. The molecule has 0 radical (unpaired) electrons. The number of hydrogen-bond donors (Lipinski definition) is 2. The van der Waals surface area contributed by atoms with Gasteiger partial charge in [0, 0.05) is 30.0 Å². The molecule has 2 aromatic heterocycles. The van der Waals surface area contributed by atoms with E-state index in [0.29, 0.717) is 6.54 Å². The second-order valence-electron chi connectivity index (χ2n) is 6.82. The SMILES string of the molecule is CCc1nncn1CCNC(=NCc1ccccc1OC)NC(CC)c1cccs1.I. The third kappa shape index (κ3) is 7.20. The Labute approximate surface area is 205 Å². The predicted molar refractivity (Wildman–Crippen MR) is 137 cm³/mol. The van der Waals surface area contributed by atoms with Gasteiger partial charge in [0.15, 0.2) is 5.96 Å². The Balaban J connectivity index is 0.00000341. The summed E-state index contributed by atoms with van der Waals surface area (Å²) in [4.78, 5) is 6.14. The molecule has 7 nitrogen and oxygen atoms in total. The van der Waals surface area contributed by atoms with Gasteiger partial charge in [-0.2, -0.15) is 0 Å². The molecule has 3 rings (SSSR count). The molecule has 168 valence electrons. The topological polar surface area (TPSA) is 76.4 Å². The van der Waals surface area contributed by atoms with Crippen LogP contribution in [0.4, 0.5) is 0 Å². The van der Waals surface area contributed by atoms with Crippen molar-refractivity contribution in [2.45, 2.75) is 45.8 Å². The number of nitrogens with one attached hydrogen (secondary N) is 2. The number of thiophene rings is 1. The standard InChI is InChI=1S/C22H30N6OS.HI/c1-4-18(20-11-8-14-30-20)26-22(23-12-13-28-16-25-27-21(28)5-2)24-15-17-9-6-7-10-19(17)29-3;/h6-11,14,16,18H,4-5,12-13,15H2,1-3H3,(H2,23,24,26);1H. The highest BCUT2D eigenvalue weighted by Crippen LogP contribution is 2.22. The average molecular weight is 555 g/mol. The summed E-state index contributed by atoms with van der Waals surface area (Å²) in [5.74, 6) is 2.62. The highest BCUT2D eigenvalue weighted by Gasteiger charge is 2.13. The quantitative estimate of drug-likeness (QED) is 0.221. The normalized spacial score (nSPS) is 12.2. The van der Waals surface area contributed by atoms with Crippen LogP contribution in [0, 0.1) is 0 Å². The summed E-state index contributed by atoms with van der Waals surface area (Å²) in [6, 6.07) is 12.4. The van der Waals surface area contributed by atoms with Gasteiger partial charge in [0.1, 0.15) is 17.9 Å². The number of para-hydroxylation sites is 1. The van der Waals surface area contributed by atoms with E-state index in [4.69, 9.17) is 9.73 Å². The molecule has 0 fully saturated rings. The molecule has 0 aliphatic carbocycles. The Bertz CT molecular complexity index is 928. The van der Waals surface area contributed by atoms with E-state index in [1.54, 1.807) is 24.8 Å². The molecule has 3 aromatic rings. The van der Waals surface area contributed by atoms with Gasteiger partial charge in [0.2, 0.25) is 0 Å². The van der Waals surface area contributed by atoms with Crippen LogP contribution in [0.5, 0.6) is 5.75 Å². The molecular weight excluding hydrogens is 523 g/mol. The van der Waals surface area contributed by atoms with Gasteiger partial charge in [-0.1, -0.05) is 38.1 Å². The fraction of sp³-hybridized carbons (Fsp3) is 0.409. The fourth-order valence-corrected chi connectivity index (χ4v) is 4.07. The summed E-state index contributed by atoms with van der Waals surface area (Å²) >= 11 is 1.76. The zero-order valence-electron chi connectivity index (χ0n) is 18.2. The molecule has 1 unspecified atom stereocenters. The first kappa shape index (κ1) is 25.1. The molecule has 0 saturated carbocycles. The lowest BCUT2D eigenvalue weighted by Gasteiger charge is -2.20. The zero-order valence-corrected chi connectivity index (χ0v) is 21.4. The van der Waals surface area contributed by atoms with Crippen molar-refractivity contribution in [1.29, 1.82) is 0 Å². The zero-order chi connectivity index (χ0) is 21.2. The summed E-state index contributed by atoms with van der Waals surface area (Å²) in [6.07, 6.45) is 3.62. The maximum absolute atomic E-state index is 5.47. The number of aliphatic imine (C=N–C) groups is 1. The summed E-state index contributed by atoms with van der Waals surface area (Å²) in [5.41, 5.74) is 1.05. The van der Waals surface area contributed by atoms with Crippen LogP contribution in [0.2, 0.25) is 0 Å². The van der Waals surface area contributed by atoms with Crippen molar-refractivity contribution in [2.75, 3.05) is 13.7 Å². The first-order chi connectivity index (χ1) is 14.7. The van der Waals surface area contributed by atoms with Crippen LogP contribution in [0.3, 0.4) is 0 Å². The van der Waals surface area contributed by atoms with Crippen LogP contribution in [0.25, 0.3) is 0 Å². The van der Waals surface area contributed by atoms with Crippen LogP contribution in [-0.2, 0) is 19.5 Å². The van der Waals surface area contributed by atoms with Crippen molar-refractivity contribution >= 4 is 41.3 Å². The summed E-state index contributed by atoms with van der Waals surface area (Å²) in [5, 5.41) is 17.3. The van der Waals surface area contributed by atoms with Gasteiger partial charge < -0.3 is 19.9 Å². The molecule has 0 spiro atoms. The van der Waals surface area contributed by atoms with E-state index in [2.05, 4.69) is 56.8 Å². The number of aromatic nitrogens is 3. The highest BCUT2D eigenvalue weighted by atomic mass is 127. The van der Waals surface area contributed by atoms with Gasteiger partial charge >= 0.3 is 0 Å². The first-order valence-corrected chi connectivity index (χ1v) is 11.2. The van der Waals surface area contributed by atoms with Gasteiger partial charge in [-0.15, -0.1) is 45.5 Å². The molecule has 9 heteroatoms. The number of methoxy groups -OCH3 is 1. The van der Waals surface area contributed by atoms with E-state index in [0.717, 1.165) is 49.0 Å². The van der Waals surface area contributed by atoms with E-state index in [1.807, 2.05) is 24.3 Å². The predicted octanol–water partition coefficient (Wildman–Crippen LogP) is 4.42. The van der Waals surface area contributed by atoms with Gasteiger partial charge in [-0.05, 0) is 23.9 Å². The number of hydrogen-bond acceptors (Lipinski definition) is 5. The van der Waals surface area contributed by atoms with E-state index < -0.39 is 0 Å². The largest absolute Gasteiger partial charge is 0.496 e. The van der Waals surface area contributed by atoms with Crippen LogP contribution in [0.15, 0.2) is 53.1 Å². The Morgan fingerprint density at radius 1 is 1.23 bits per heavy atom. The molecule has 2 N–H and O–H groups in total. The Morgan fingerprint density at radius 2 is 2.06 bits per heavy atom. The second kappa shape index (κ2) is 13.3. The number of aryl methyl sites for hydroxylation is 1. The smallest absolute Gasteiger partial charge is 0.192 e. The van der Waals surface area contributed by atoms with Crippen molar-refractivity contribution in [3.05, 3.63) is 64.4 Å². The van der Waals surface area contributed by atoms with E-state index >= 15 is 0 Å². The van der Waals surface area contributed by atoms with Crippen LogP contribution >= 0.6 is 35.3 Å². The first-order valence-electron chi connectivity index (χ1n) is 10.3. The molecule has 0 aliphatic heterocycles. The van der Waals surface area contributed by atoms with Gasteiger partial charge in [0.25, 0.3) is 0 Å². The number of benzene rings is 1. The second-order valence-corrected chi connectivity index (χ2v) is 7.80. The van der Waals surface area contributed by atoms with Crippen molar-refractivity contribution in [1.82, 2.24) is 25.4 Å². The summed E-state index contributed by atoms with van der Waals surface area (Å²) < 4.78 is 7.54. The van der Waals surface area contributed by atoms with Gasteiger partial charge in [0.05, 0.1) is 19.7 Å². The summed E-state index contributed by atoms with van der Waals surface area (Å²) in [6.45, 7) is 6.31. The minimum atomic E-state index is 0. The number of halogens is 1. The number of rotatable bonds is 10. The summed E-state index contributed by atoms with van der Waals surface area (Å²) in [7, 11) is 1.69. The fourth-order valence-electron chi connectivity index (χ4n) is 3.21. The Morgan fingerprint density at radius 3 is 2.77 bits per heavy atom. The monoisotopic (exact) mass is 554 g/mol. The average Bonchev–Trinajstić information content (AvgIpc) is 3.47. The molecule has 2 heterocycles. The minimum Gasteiger partial charge on any atom is -0.496 e. The molecule has 0 aliphatic rings. The third-order valence-electron chi connectivity index (χ3n) is 4.86. The molecule has 31 heavy (non-hydrogen) atoms. The van der Waals surface area contributed by atoms with Crippen LogP contribution < -0.4 is 15.4 Å². The van der Waals surface area contributed by atoms with Gasteiger partial charge in [-0.3, -0.25) is 0 Å². The number of nitrogens with zero attached hydrogens (tertiary/aromatic N) is 4. The van der Waals surface area contributed by atoms with Crippen molar-refractivity contribution in [2.24, 2.45) is 4.99 Å².